The number of anilines is 1. The van der Waals surface area contributed by atoms with Crippen molar-refractivity contribution in [1.82, 2.24) is 10.1 Å². The molecule has 2 N–H and O–H groups in total. The van der Waals surface area contributed by atoms with E-state index in [1.807, 2.05) is 12.1 Å². The second kappa shape index (κ2) is 4.53. The fourth-order valence-electron chi connectivity index (χ4n) is 1.78. The molecule has 0 atom stereocenters. The molecule has 5 heteroatoms. The van der Waals surface area contributed by atoms with Crippen molar-refractivity contribution < 1.29 is 8.91 Å². The van der Waals surface area contributed by atoms with E-state index in [1.54, 1.807) is 30.3 Å². The lowest BCUT2D eigenvalue weighted by Gasteiger charge is -1.98. The lowest BCUT2D eigenvalue weighted by atomic mass is 10.1. The number of benzene rings is 2. The molecule has 3 rings (SSSR count). The van der Waals surface area contributed by atoms with Crippen LogP contribution in [0.4, 0.5) is 10.1 Å². The van der Waals surface area contributed by atoms with Gasteiger partial charge in [-0.15, -0.1) is 0 Å². The van der Waals surface area contributed by atoms with Crippen LogP contribution in [0.2, 0.25) is 0 Å². The van der Waals surface area contributed by atoms with E-state index in [-0.39, 0.29) is 11.5 Å². The van der Waals surface area contributed by atoms with Crippen LogP contribution in [0, 0.1) is 5.82 Å². The maximum absolute atomic E-state index is 13.6. The third-order valence-corrected chi connectivity index (χ3v) is 2.73. The summed E-state index contributed by atoms with van der Waals surface area (Å²) in [5.74, 6) is 0.0754. The molecule has 0 aliphatic rings. The smallest absolute Gasteiger partial charge is 0.261 e. The van der Waals surface area contributed by atoms with Crippen molar-refractivity contribution in [3.8, 4) is 22.8 Å². The van der Waals surface area contributed by atoms with Gasteiger partial charge >= 0.3 is 0 Å². The summed E-state index contributed by atoms with van der Waals surface area (Å²) in [5.41, 5.74) is 7.31. The SMILES string of the molecule is Nc1ccccc1-c1noc(-c2ccccc2F)n1. The van der Waals surface area contributed by atoms with Crippen LogP contribution in [-0.4, -0.2) is 10.1 Å². The van der Waals surface area contributed by atoms with Gasteiger partial charge in [-0.05, 0) is 24.3 Å². The number of hydrogen-bond acceptors (Lipinski definition) is 4. The third kappa shape index (κ3) is 2.06. The first-order valence-corrected chi connectivity index (χ1v) is 5.69. The fourth-order valence-corrected chi connectivity index (χ4v) is 1.78. The predicted octanol–water partition coefficient (Wildman–Crippen LogP) is 3.12. The molecular weight excluding hydrogens is 245 g/mol. The molecule has 0 saturated heterocycles. The van der Waals surface area contributed by atoms with E-state index in [0.717, 1.165) is 0 Å². The Morgan fingerprint density at radius 1 is 0.947 bits per heavy atom. The van der Waals surface area contributed by atoms with Crippen LogP contribution in [0.5, 0.6) is 0 Å². The summed E-state index contributed by atoms with van der Waals surface area (Å²) in [6.45, 7) is 0. The summed E-state index contributed by atoms with van der Waals surface area (Å²) in [6, 6.07) is 13.4. The Morgan fingerprint density at radius 3 is 2.37 bits per heavy atom. The normalized spacial score (nSPS) is 10.6. The number of rotatable bonds is 2. The average Bonchev–Trinajstić information content (AvgIpc) is 2.89. The lowest BCUT2D eigenvalue weighted by Crippen LogP contribution is -1.90. The maximum Gasteiger partial charge on any atom is 0.261 e. The highest BCUT2D eigenvalue weighted by Crippen LogP contribution is 2.26. The molecule has 0 saturated carbocycles. The first-order valence-electron chi connectivity index (χ1n) is 5.69. The van der Waals surface area contributed by atoms with Gasteiger partial charge in [-0.3, -0.25) is 0 Å². The van der Waals surface area contributed by atoms with Gasteiger partial charge in [-0.2, -0.15) is 4.98 Å². The molecular formula is C14H10FN3O. The van der Waals surface area contributed by atoms with Gasteiger partial charge in [0.2, 0.25) is 5.82 Å². The number of aromatic nitrogens is 2. The van der Waals surface area contributed by atoms with Crippen LogP contribution in [0.25, 0.3) is 22.8 Å². The largest absolute Gasteiger partial charge is 0.398 e. The highest BCUT2D eigenvalue weighted by molar-refractivity contribution is 5.72. The van der Waals surface area contributed by atoms with Crippen LogP contribution in [0.3, 0.4) is 0 Å². The van der Waals surface area contributed by atoms with Crippen LogP contribution in [0.15, 0.2) is 53.1 Å². The molecule has 94 valence electrons. The predicted molar refractivity (Wildman–Crippen MR) is 69.5 cm³/mol. The van der Waals surface area contributed by atoms with Crippen molar-refractivity contribution in [3.05, 3.63) is 54.3 Å². The minimum absolute atomic E-state index is 0.136. The molecule has 1 heterocycles. The summed E-state index contributed by atoms with van der Waals surface area (Å²) in [7, 11) is 0. The molecule has 19 heavy (non-hydrogen) atoms. The number of halogens is 1. The summed E-state index contributed by atoms with van der Waals surface area (Å²) in [5, 5.41) is 3.83. The Hall–Kier alpha value is -2.69. The van der Waals surface area contributed by atoms with E-state index < -0.39 is 5.82 Å². The molecule has 0 bridgehead atoms. The van der Waals surface area contributed by atoms with Crippen LogP contribution < -0.4 is 5.73 Å². The first kappa shape index (κ1) is 11.4. The topological polar surface area (TPSA) is 64.9 Å². The minimum Gasteiger partial charge on any atom is -0.398 e. The summed E-state index contributed by atoms with van der Waals surface area (Å²) in [6.07, 6.45) is 0. The van der Waals surface area contributed by atoms with Gasteiger partial charge in [0.05, 0.1) is 5.56 Å². The molecule has 0 spiro atoms. The fraction of sp³-hybridized carbons (Fsp3) is 0. The zero-order valence-electron chi connectivity index (χ0n) is 9.88. The molecule has 0 radical (unpaired) electrons. The van der Waals surface area contributed by atoms with Gasteiger partial charge in [-0.1, -0.05) is 29.4 Å². The number of para-hydroxylation sites is 1. The Balaban J connectivity index is 2.06. The average molecular weight is 255 g/mol. The zero-order chi connectivity index (χ0) is 13.2. The van der Waals surface area contributed by atoms with E-state index in [9.17, 15) is 4.39 Å². The summed E-state index contributed by atoms with van der Waals surface area (Å²) < 4.78 is 18.7. The number of hydrogen-bond donors (Lipinski definition) is 1. The van der Waals surface area contributed by atoms with Gasteiger partial charge in [-0.25, -0.2) is 4.39 Å². The van der Waals surface area contributed by atoms with Crippen molar-refractivity contribution in [1.29, 1.82) is 0 Å². The molecule has 1 aromatic heterocycles. The van der Waals surface area contributed by atoms with Crippen LogP contribution >= 0.6 is 0 Å². The third-order valence-electron chi connectivity index (χ3n) is 2.73. The van der Waals surface area contributed by atoms with Gasteiger partial charge in [0.25, 0.3) is 5.89 Å². The van der Waals surface area contributed by atoms with E-state index in [1.165, 1.54) is 6.07 Å². The van der Waals surface area contributed by atoms with Gasteiger partial charge in [0, 0.05) is 11.3 Å². The molecule has 3 aromatic rings. The van der Waals surface area contributed by atoms with Gasteiger partial charge in [0.1, 0.15) is 5.82 Å². The number of nitrogen functional groups attached to an aromatic ring is 1. The molecule has 0 aliphatic carbocycles. The highest BCUT2D eigenvalue weighted by atomic mass is 19.1. The number of nitrogens with two attached hydrogens (primary N) is 1. The van der Waals surface area contributed by atoms with Crippen LogP contribution in [0.1, 0.15) is 0 Å². The second-order valence-corrected chi connectivity index (χ2v) is 3.99. The second-order valence-electron chi connectivity index (χ2n) is 3.99. The Labute approximate surface area is 108 Å². The summed E-state index contributed by atoms with van der Waals surface area (Å²) >= 11 is 0. The van der Waals surface area contributed by atoms with Crippen molar-refractivity contribution in [2.24, 2.45) is 0 Å². The van der Waals surface area contributed by atoms with Crippen molar-refractivity contribution in [2.45, 2.75) is 0 Å². The van der Waals surface area contributed by atoms with E-state index in [2.05, 4.69) is 10.1 Å². The van der Waals surface area contributed by atoms with E-state index >= 15 is 0 Å². The van der Waals surface area contributed by atoms with E-state index in [0.29, 0.717) is 17.1 Å². The Bertz CT molecular complexity index is 664. The molecule has 0 fully saturated rings. The number of nitrogens with zero attached hydrogens (tertiary/aromatic N) is 2. The quantitative estimate of drug-likeness (QED) is 0.714. The van der Waals surface area contributed by atoms with Crippen molar-refractivity contribution >= 4 is 5.69 Å². The standard InChI is InChI=1S/C14H10FN3O/c15-11-7-3-1-5-9(11)14-17-13(18-19-14)10-6-2-4-8-12(10)16/h1-8H,16H2. The van der Waals surface area contributed by atoms with Crippen molar-refractivity contribution in [3.63, 3.8) is 0 Å². The van der Waals surface area contributed by atoms with E-state index in [4.69, 9.17) is 10.3 Å². The monoisotopic (exact) mass is 255 g/mol. The molecule has 0 unspecified atom stereocenters. The minimum atomic E-state index is -0.404. The lowest BCUT2D eigenvalue weighted by molar-refractivity contribution is 0.429. The molecule has 0 amide bonds. The highest BCUT2D eigenvalue weighted by Gasteiger charge is 2.14. The Morgan fingerprint density at radius 2 is 1.63 bits per heavy atom. The molecule has 4 nitrogen and oxygen atoms in total. The van der Waals surface area contributed by atoms with Gasteiger partial charge in [0.15, 0.2) is 0 Å². The summed E-state index contributed by atoms with van der Waals surface area (Å²) in [4.78, 5) is 4.17. The van der Waals surface area contributed by atoms with Gasteiger partial charge < -0.3 is 10.3 Å². The maximum atomic E-state index is 13.6. The Kier molecular flexibility index (Phi) is 2.72. The first-order chi connectivity index (χ1) is 9.25. The zero-order valence-corrected chi connectivity index (χ0v) is 9.88. The van der Waals surface area contributed by atoms with Crippen LogP contribution in [-0.2, 0) is 0 Å². The molecule has 0 aliphatic heterocycles. The molecule has 2 aromatic carbocycles. The van der Waals surface area contributed by atoms with Crippen molar-refractivity contribution in [2.75, 3.05) is 5.73 Å².